The van der Waals surface area contributed by atoms with E-state index < -0.39 is 5.78 Å². The summed E-state index contributed by atoms with van der Waals surface area (Å²) in [6.45, 7) is 0. The zero-order valence-electron chi connectivity index (χ0n) is 14.3. The normalized spacial score (nSPS) is 10.8. The van der Waals surface area contributed by atoms with E-state index in [1.807, 2.05) is 6.07 Å². The van der Waals surface area contributed by atoms with Gasteiger partial charge in [-0.25, -0.2) is 0 Å². The van der Waals surface area contributed by atoms with Crippen LogP contribution in [0.4, 0.5) is 0 Å². The van der Waals surface area contributed by atoms with Gasteiger partial charge in [0.2, 0.25) is 11.5 Å². The van der Waals surface area contributed by atoms with Crippen LogP contribution >= 0.6 is 23.2 Å². The summed E-state index contributed by atoms with van der Waals surface area (Å²) in [5.41, 5.74) is 0.470. The van der Waals surface area contributed by atoms with Gasteiger partial charge < -0.3 is 14.2 Å². The highest BCUT2D eigenvalue weighted by Crippen LogP contribution is 2.39. The number of rotatable bonds is 6. The summed E-state index contributed by atoms with van der Waals surface area (Å²) in [6, 6.07) is 9.83. The first-order chi connectivity index (χ1) is 12.5. The molecule has 5 nitrogen and oxygen atoms in total. The highest BCUT2D eigenvalue weighted by Gasteiger charge is 2.20. The monoisotopic (exact) mass is 391 g/mol. The van der Waals surface area contributed by atoms with Gasteiger partial charge in [0, 0.05) is 0 Å². The second-order valence-electron chi connectivity index (χ2n) is 5.05. The lowest BCUT2D eigenvalue weighted by Gasteiger charge is -2.13. The number of hydrogen-bond acceptors (Lipinski definition) is 5. The van der Waals surface area contributed by atoms with Crippen LogP contribution in [-0.2, 0) is 0 Å². The molecule has 0 aliphatic carbocycles. The van der Waals surface area contributed by atoms with E-state index in [1.54, 1.807) is 18.2 Å². The van der Waals surface area contributed by atoms with Gasteiger partial charge in [0.15, 0.2) is 11.5 Å². The van der Waals surface area contributed by atoms with Gasteiger partial charge in [-0.3, -0.25) is 4.79 Å². The van der Waals surface area contributed by atoms with E-state index in [0.717, 1.165) is 0 Å². The van der Waals surface area contributed by atoms with Crippen molar-refractivity contribution in [1.29, 1.82) is 5.26 Å². The standard InChI is InChI=1S/C19H15Cl2NO4/c1-24-15-8-11(9-16(25-2)19(15)26-3)7-12(10-22)18(23)17-13(20)5-4-6-14(17)21/h4-9H,1-3H3/b12-7-. The lowest BCUT2D eigenvalue weighted by molar-refractivity contribution is 0.104. The molecular weight excluding hydrogens is 377 g/mol. The lowest BCUT2D eigenvalue weighted by Crippen LogP contribution is -2.04. The molecule has 0 saturated heterocycles. The van der Waals surface area contributed by atoms with E-state index in [0.29, 0.717) is 22.8 Å². The summed E-state index contributed by atoms with van der Waals surface area (Å²) in [4.78, 5) is 12.7. The molecular formula is C19H15Cl2NO4. The van der Waals surface area contributed by atoms with E-state index in [9.17, 15) is 10.1 Å². The van der Waals surface area contributed by atoms with Gasteiger partial charge in [-0.2, -0.15) is 5.26 Å². The number of carbonyl (C=O) groups excluding carboxylic acids is 1. The molecule has 0 unspecified atom stereocenters. The molecule has 2 rings (SSSR count). The smallest absolute Gasteiger partial charge is 0.206 e. The lowest BCUT2D eigenvalue weighted by atomic mass is 10.0. The van der Waals surface area contributed by atoms with E-state index in [-0.39, 0.29) is 21.2 Å². The van der Waals surface area contributed by atoms with Crippen molar-refractivity contribution in [1.82, 2.24) is 0 Å². The van der Waals surface area contributed by atoms with Gasteiger partial charge in [0.25, 0.3) is 0 Å². The number of allylic oxidation sites excluding steroid dienone is 1. The van der Waals surface area contributed by atoms with Crippen molar-refractivity contribution in [3.05, 3.63) is 57.1 Å². The van der Waals surface area contributed by atoms with Crippen molar-refractivity contribution in [3.8, 4) is 23.3 Å². The molecule has 0 heterocycles. The van der Waals surface area contributed by atoms with Gasteiger partial charge in [0.05, 0.1) is 36.9 Å². The highest BCUT2D eigenvalue weighted by molar-refractivity contribution is 6.41. The van der Waals surface area contributed by atoms with Crippen molar-refractivity contribution in [2.24, 2.45) is 0 Å². The van der Waals surface area contributed by atoms with E-state index in [4.69, 9.17) is 37.4 Å². The number of Topliss-reactive ketones (excluding diaryl/α,β-unsaturated/α-hetero) is 1. The minimum atomic E-state index is -0.572. The molecule has 2 aromatic rings. The quantitative estimate of drug-likeness (QED) is 0.401. The predicted octanol–water partition coefficient (Wildman–Crippen LogP) is 4.81. The molecule has 0 spiro atoms. The van der Waals surface area contributed by atoms with Crippen LogP contribution in [0.2, 0.25) is 10.0 Å². The van der Waals surface area contributed by atoms with Gasteiger partial charge >= 0.3 is 0 Å². The summed E-state index contributed by atoms with van der Waals surface area (Å²) < 4.78 is 15.8. The van der Waals surface area contributed by atoms with Crippen LogP contribution in [0, 0.1) is 11.3 Å². The van der Waals surface area contributed by atoms with Crippen LogP contribution in [0.25, 0.3) is 6.08 Å². The zero-order valence-corrected chi connectivity index (χ0v) is 15.8. The van der Waals surface area contributed by atoms with Crippen LogP contribution in [0.3, 0.4) is 0 Å². The Morgan fingerprint density at radius 3 is 2.00 bits per heavy atom. The number of nitrogens with zero attached hydrogens (tertiary/aromatic N) is 1. The summed E-state index contributed by atoms with van der Waals surface area (Å²) in [7, 11) is 4.44. The first-order valence-electron chi connectivity index (χ1n) is 7.37. The van der Waals surface area contributed by atoms with Gasteiger partial charge in [-0.05, 0) is 35.9 Å². The number of benzene rings is 2. The van der Waals surface area contributed by atoms with Crippen molar-refractivity contribution >= 4 is 35.1 Å². The van der Waals surface area contributed by atoms with Crippen molar-refractivity contribution in [2.75, 3.05) is 21.3 Å². The summed E-state index contributed by atoms with van der Waals surface area (Å²) in [5.74, 6) is 0.639. The average Bonchev–Trinajstić information content (AvgIpc) is 2.64. The Morgan fingerprint density at radius 2 is 1.58 bits per heavy atom. The topological polar surface area (TPSA) is 68.5 Å². The maximum absolute atomic E-state index is 12.7. The SMILES string of the molecule is COc1cc(/C=C(/C#N)C(=O)c2c(Cl)cccc2Cl)cc(OC)c1OC. The number of hydrogen-bond donors (Lipinski definition) is 0. The Kier molecular flexibility index (Phi) is 6.51. The van der Waals surface area contributed by atoms with E-state index in [1.165, 1.54) is 39.5 Å². The second kappa shape index (κ2) is 8.61. The van der Waals surface area contributed by atoms with Crippen LogP contribution in [0.1, 0.15) is 15.9 Å². The van der Waals surface area contributed by atoms with Gasteiger partial charge in [-0.15, -0.1) is 0 Å². The molecule has 0 N–H and O–H groups in total. The van der Waals surface area contributed by atoms with Crippen molar-refractivity contribution in [2.45, 2.75) is 0 Å². The first kappa shape index (κ1) is 19.6. The molecule has 2 aromatic carbocycles. The number of methoxy groups -OCH3 is 3. The van der Waals surface area contributed by atoms with Crippen LogP contribution in [0.15, 0.2) is 35.9 Å². The Labute approximate surface area is 161 Å². The first-order valence-corrected chi connectivity index (χ1v) is 8.12. The Balaban J connectivity index is 2.56. The molecule has 0 saturated carbocycles. The van der Waals surface area contributed by atoms with E-state index >= 15 is 0 Å². The fourth-order valence-corrected chi connectivity index (χ4v) is 2.92. The molecule has 26 heavy (non-hydrogen) atoms. The molecule has 134 valence electrons. The second-order valence-corrected chi connectivity index (χ2v) is 5.87. The molecule has 0 aromatic heterocycles. The molecule has 0 radical (unpaired) electrons. The van der Waals surface area contributed by atoms with Crippen LogP contribution in [0.5, 0.6) is 17.2 Å². The van der Waals surface area contributed by atoms with Crippen LogP contribution in [-0.4, -0.2) is 27.1 Å². The third-order valence-corrected chi connectivity index (χ3v) is 4.18. The number of nitriles is 1. The molecule has 0 fully saturated rings. The zero-order chi connectivity index (χ0) is 19.3. The summed E-state index contributed by atoms with van der Waals surface area (Å²) in [6.07, 6.45) is 1.41. The van der Waals surface area contributed by atoms with Crippen molar-refractivity contribution in [3.63, 3.8) is 0 Å². The third kappa shape index (κ3) is 3.93. The fraction of sp³-hybridized carbons (Fsp3) is 0.158. The molecule has 0 amide bonds. The Bertz CT molecular complexity index is 871. The summed E-state index contributed by atoms with van der Waals surface area (Å²) >= 11 is 12.1. The molecule has 0 atom stereocenters. The van der Waals surface area contributed by atoms with E-state index in [2.05, 4.69) is 0 Å². The number of ether oxygens (including phenoxy) is 3. The van der Waals surface area contributed by atoms with Crippen molar-refractivity contribution < 1.29 is 19.0 Å². The fourth-order valence-electron chi connectivity index (χ4n) is 2.35. The Morgan fingerprint density at radius 1 is 1.04 bits per heavy atom. The predicted molar refractivity (Wildman–Crippen MR) is 100 cm³/mol. The Hall–Kier alpha value is -2.68. The number of halogens is 2. The minimum Gasteiger partial charge on any atom is -0.493 e. The minimum absolute atomic E-state index is 0.0797. The molecule has 7 heteroatoms. The number of ketones is 1. The molecule has 0 bridgehead atoms. The third-order valence-electron chi connectivity index (χ3n) is 3.55. The number of carbonyl (C=O) groups is 1. The highest BCUT2D eigenvalue weighted by atomic mass is 35.5. The molecule has 0 aliphatic heterocycles. The largest absolute Gasteiger partial charge is 0.493 e. The molecule has 0 aliphatic rings. The maximum Gasteiger partial charge on any atom is 0.206 e. The van der Waals surface area contributed by atoms with Gasteiger partial charge in [-0.1, -0.05) is 29.3 Å². The average molecular weight is 392 g/mol. The maximum atomic E-state index is 12.7. The van der Waals surface area contributed by atoms with Gasteiger partial charge in [0.1, 0.15) is 11.6 Å². The summed E-state index contributed by atoms with van der Waals surface area (Å²) in [5, 5.41) is 9.79. The van der Waals surface area contributed by atoms with Crippen LogP contribution < -0.4 is 14.2 Å².